The molecule has 2 aliphatic heterocycles. The summed E-state index contributed by atoms with van der Waals surface area (Å²) in [6.45, 7) is 7.73. The lowest BCUT2D eigenvalue weighted by atomic mass is 10.0. The Kier molecular flexibility index (Phi) is 7.19. The van der Waals surface area contributed by atoms with Crippen LogP contribution in [0.1, 0.15) is 42.4 Å². The topological polar surface area (TPSA) is 122 Å². The first-order valence-electron chi connectivity index (χ1n) is 11.8. The molecule has 1 aromatic carbocycles. The zero-order chi connectivity index (χ0) is 26.1. The smallest absolute Gasteiger partial charge is 0.410 e. The van der Waals surface area contributed by atoms with E-state index in [1.807, 2.05) is 11.0 Å². The number of nitrogens with zero attached hydrogens (tertiary/aromatic N) is 5. The largest absolute Gasteiger partial charge is 0.444 e. The van der Waals surface area contributed by atoms with Crippen molar-refractivity contribution in [1.82, 2.24) is 19.9 Å². The number of hydrogen-bond donors (Lipinski definition) is 0. The maximum atomic E-state index is 12.6. The zero-order valence-corrected chi connectivity index (χ0v) is 21.7. The van der Waals surface area contributed by atoms with Crippen LogP contribution in [0.25, 0.3) is 0 Å². The van der Waals surface area contributed by atoms with Crippen molar-refractivity contribution in [2.24, 2.45) is 0 Å². The minimum atomic E-state index is -3.68. The summed E-state index contributed by atoms with van der Waals surface area (Å²) >= 11 is 0. The number of amides is 1. The Bertz CT molecular complexity index is 1240. The van der Waals surface area contributed by atoms with Crippen molar-refractivity contribution in [2.75, 3.05) is 43.9 Å². The monoisotopic (exact) mass is 517 g/mol. The summed E-state index contributed by atoms with van der Waals surface area (Å²) in [6.07, 6.45) is 1.06. The van der Waals surface area contributed by atoms with Crippen LogP contribution in [0, 0.1) is 0 Å². The highest BCUT2D eigenvalue weighted by Crippen LogP contribution is 2.29. The van der Waals surface area contributed by atoms with Crippen molar-refractivity contribution < 1.29 is 27.6 Å². The summed E-state index contributed by atoms with van der Waals surface area (Å²) in [5.41, 5.74) is 1.14. The Morgan fingerprint density at radius 2 is 1.64 bits per heavy atom. The van der Waals surface area contributed by atoms with Crippen molar-refractivity contribution in [1.29, 1.82) is 0 Å². The lowest BCUT2D eigenvalue weighted by Crippen LogP contribution is -2.48. The fourth-order valence-electron chi connectivity index (χ4n) is 4.03. The minimum Gasteiger partial charge on any atom is -0.444 e. The molecule has 0 atom stereocenters. The lowest BCUT2D eigenvalue weighted by molar-refractivity contribution is -0.112. The first-order chi connectivity index (χ1) is 16.9. The molecule has 0 spiro atoms. The minimum absolute atomic E-state index is 0.136. The van der Waals surface area contributed by atoms with Crippen LogP contribution in [-0.2, 0) is 32.4 Å². The zero-order valence-electron chi connectivity index (χ0n) is 20.9. The fraction of sp³-hybridized carbons (Fsp3) is 0.500. The number of piperazine rings is 1. The van der Waals surface area contributed by atoms with E-state index in [0.29, 0.717) is 56.2 Å². The highest BCUT2D eigenvalue weighted by Gasteiger charge is 2.32. The molecule has 2 aromatic rings. The highest BCUT2D eigenvalue weighted by molar-refractivity contribution is 7.90. The molecule has 0 N–H and O–H groups in total. The third-order valence-corrected chi connectivity index (χ3v) is 6.61. The molecule has 2 aliphatic rings. The van der Waals surface area contributed by atoms with Gasteiger partial charge in [0.05, 0.1) is 30.9 Å². The summed E-state index contributed by atoms with van der Waals surface area (Å²) in [5.74, 6) is 0.114. The summed E-state index contributed by atoms with van der Waals surface area (Å²) in [5, 5.41) is 1.32. The molecule has 1 amide bonds. The van der Waals surface area contributed by atoms with Gasteiger partial charge in [-0.1, -0.05) is 18.2 Å². The van der Waals surface area contributed by atoms with Crippen LogP contribution in [0.4, 0.5) is 10.6 Å². The van der Waals surface area contributed by atoms with E-state index in [1.165, 1.54) is 4.90 Å². The van der Waals surface area contributed by atoms with Crippen LogP contribution < -0.4 is 4.90 Å². The average Bonchev–Trinajstić information content (AvgIpc) is 2.82. The molecule has 0 bridgehead atoms. The second-order valence-corrected chi connectivity index (χ2v) is 11.7. The summed E-state index contributed by atoms with van der Waals surface area (Å²) in [4.78, 5) is 42.7. The summed E-state index contributed by atoms with van der Waals surface area (Å²) in [7, 11) is -3.68. The van der Waals surface area contributed by atoms with E-state index in [4.69, 9.17) is 9.57 Å². The predicted molar refractivity (Wildman–Crippen MR) is 131 cm³/mol. The number of carbonyl (C=O) groups excluding carboxylic acids is 2. The van der Waals surface area contributed by atoms with Crippen molar-refractivity contribution in [2.45, 2.75) is 44.5 Å². The number of anilines is 1. The van der Waals surface area contributed by atoms with Gasteiger partial charge in [-0.05, 0) is 39.3 Å². The van der Waals surface area contributed by atoms with Gasteiger partial charge in [-0.25, -0.2) is 28.0 Å². The maximum absolute atomic E-state index is 12.6. The second kappa shape index (κ2) is 10.0. The van der Waals surface area contributed by atoms with Gasteiger partial charge in [0.15, 0.2) is 0 Å². The summed E-state index contributed by atoms with van der Waals surface area (Å²) < 4.78 is 30.2. The van der Waals surface area contributed by atoms with Gasteiger partial charge in [0.25, 0.3) is 0 Å². The summed E-state index contributed by atoms with van der Waals surface area (Å²) in [6, 6.07) is 8.76. The molecule has 11 nitrogen and oxygen atoms in total. The molecule has 194 valence electrons. The number of hydrogen-bond acceptors (Lipinski definition) is 10. The second-order valence-electron chi connectivity index (χ2n) is 9.84. The number of sulfone groups is 1. The molecule has 0 unspecified atom stereocenters. The van der Waals surface area contributed by atoms with Gasteiger partial charge in [0, 0.05) is 31.5 Å². The Morgan fingerprint density at radius 1 is 0.972 bits per heavy atom. The van der Waals surface area contributed by atoms with Gasteiger partial charge in [-0.3, -0.25) is 0 Å². The predicted octanol–water partition coefficient (Wildman–Crippen LogP) is 2.07. The van der Waals surface area contributed by atoms with Crippen molar-refractivity contribution in [3.63, 3.8) is 0 Å². The molecule has 4 rings (SSSR count). The van der Waals surface area contributed by atoms with Crippen LogP contribution in [-0.4, -0.2) is 85.0 Å². The average molecular weight is 518 g/mol. The maximum Gasteiger partial charge on any atom is 0.410 e. The number of fused-ring (bicyclic) bond motifs is 1. The molecule has 1 saturated heterocycles. The molecule has 0 radical (unpaired) electrons. The molecule has 3 heterocycles. The van der Waals surface area contributed by atoms with Gasteiger partial charge in [-0.2, -0.15) is 0 Å². The number of rotatable bonds is 4. The van der Waals surface area contributed by atoms with E-state index in [9.17, 15) is 18.0 Å². The lowest BCUT2D eigenvalue weighted by Gasteiger charge is -2.37. The van der Waals surface area contributed by atoms with E-state index < -0.39 is 27.5 Å². The SMILES string of the molecule is CC(C)(C)OC(=O)N1CCc2c(nc(S(C)(=O)=O)nc2N2CCN(OC(=O)c3ccccc3)CC2)C1. The third kappa shape index (κ3) is 6.11. The molecule has 1 aromatic heterocycles. The number of benzene rings is 1. The molecular weight excluding hydrogens is 486 g/mol. The molecule has 1 fully saturated rings. The normalized spacial score (nSPS) is 16.9. The Morgan fingerprint density at radius 3 is 2.25 bits per heavy atom. The first-order valence-corrected chi connectivity index (χ1v) is 13.6. The van der Waals surface area contributed by atoms with Gasteiger partial charge < -0.3 is 19.4 Å². The van der Waals surface area contributed by atoms with Crippen molar-refractivity contribution in [3.05, 3.63) is 47.2 Å². The number of carbonyl (C=O) groups is 2. The Labute approximate surface area is 210 Å². The molecule has 0 saturated carbocycles. The van der Waals surface area contributed by atoms with Gasteiger partial charge >= 0.3 is 12.1 Å². The molecule has 36 heavy (non-hydrogen) atoms. The van der Waals surface area contributed by atoms with Gasteiger partial charge in [0.1, 0.15) is 11.4 Å². The number of hydroxylamine groups is 2. The van der Waals surface area contributed by atoms with Crippen LogP contribution in [0.3, 0.4) is 0 Å². The van der Waals surface area contributed by atoms with E-state index in [-0.39, 0.29) is 11.7 Å². The van der Waals surface area contributed by atoms with Crippen LogP contribution in [0.2, 0.25) is 0 Å². The van der Waals surface area contributed by atoms with E-state index in [0.717, 1.165) is 11.8 Å². The fourth-order valence-corrected chi connectivity index (χ4v) is 4.56. The van der Waals surface area contributed by atoms with E-state index in [2.05, 4.69) is 9.97 Å². The highest BCUT2D eigenvalue weighted by atomic mass is 32.2. The van der Waals surface area contributed by atoms with Crippen LogP contribution >= 0.6 is 0 Å². The standard InChI is InChI=1S/C24H31N5O6S/c1-24(2,3)34-23(31)28-11-10-18-19(16-28)25-22(36(4,32)33)26-20(18)27-12-14-29(15-13-27)35-21(30)17-8-6-5-7-9-17/h5-9H,10-16H2,1-4H3. The van der Waals surface area contributed by atoms with Crippen LogP contribution in [0.5, 0.6) is 0 Å². The molecule has 12 heteroatoms. The molecular formula is C24H31N5O6S. The Balaban J connectivity index is 1.51. The molecule has 0 aliphatic carbocycles. The van der Waals surface area contributed by atoms with Crippen molar-refractivity contribution in [3.8, 4) is 0 Å². The number of ether oxygens (including phenoxy) is 1. The Hall–Kier alpha value is -3.25. The van der Waals surface area contributed by atoms with Crippen LogP contribution in [0.15, 0.2) is 35.5 Å². The quantitative estimate of drug-likeness (QED) is 0.557. The first kappa shape index (κ1) is 25.8. The third-order valence-electron chi connectivity index (χ3n) is 5.77. The number of aromatic nitrogens is 2. The van der Waals surface area contributed by atoms with Gasteiger partial charge in [0.2, 0.25) is 15.0 Å². The van der Waals surface area contributed by atoms with Crippen molar-refractivity contribution >= 4 is 27.7 Å². The van der Waals surface area contributed by atoms with E-state index >= 15 is 0 Å². The van der Waals surface area contributed by atoms with E-state index in [1.54, 1.807) is 50.1 Å². The van der Waals surface area contributed by atoms with Gasteiger partial charge in [-0.15, -0.1) is 5.06 Å².